The molecule has 0 unspecified atom stereocenters. The number of benzene rings is 2. The fraction of sp³-hybridized carbons (Fsp3) is 0.320. The lowest BCUT2D eigenvalue weighted by Crippen LogP contribution is -2.43. The monoisotopic (exact) mass is 474 g/mol. The van der Waals surface area contributed by atoms with E-state index >= 15 is 0 Å². The van der Waals surface area contributed by atoms with E-state index in [9.17, 15) is 18.0 Å². The van der Waals surface area contributed by atoms with Gasteiger partial charge in [0.15, 0.2) is 5.76 Å². The Bertz CT molecular complexity index is 1110. The molecule has 2 heterocycles. The summed E-state index contributed by atoms with van der Waals surface area (Å²) in [5, 5.41) is 2.90. The first-order valence-corrected chi connectivity index (χ1v) is 10.9. The second kappa shape index (κ2) is 10.3. The van der Waals surface area contributed by atoms with Gasteiger partial charge in [-0.25, -0.2) is 0 Å². The largest absolute Gasteiger partial charge is 0.497 e. The summed E-state index contributed by atoms with van der Waals surface area (Å²) in [5.74, 6) is 0.523. The molecule has 1 amide bonds. The number of carbonyl (C=O) groups is 1. The van der Waals surface area contributed by atoms with Crippen LogP contribution in [-0.4, -0.2) is 50.8 Å². The van der Waals surface area contributed by atoms with E-state index in [2.05, 4.69) is 10.2 Å². The predicted molar refractivity (Wildman–Crippen MR) is 120 cm³/mol. The van der Waals surface area contributed by atoms with Crippen molar-refractivity contribution in [2.24, 2.45) is 0 Å². The number of hydrogen-bond acceptors (Lipinski definition) is 5. The number of rotatable bonds is 7. The third-order valence-electron chi connectivity index (χ3n) is 5.75. The van der Waals surface area contributed by atoms with E-state index in [0.717, 1.165) is 36.5 Å². The molecule has 34 heavy (non-hydrogen) atoms. The number of alkyl halides is 3. The number of nitrogens with one attached hydrogen (secondary N) is 1. The van der Waals surface area contributed by atoms with Crippen LogP contribution in [0.15, 0.2) is 65.1 Å². The fourth-order valence-electron chi connectivity index (χ4n) is 3.91. The Kier molecular flexibility index (Phi) is 7.23. The lowest BCUT2D eigenvalue weighted by atomic mass is 10.0. The third kappa shape index (κ3) is 5.60. The van der Waals surface area contributed by atoms with Crippen molar-refractivity contribution in [3.8, 4) is 17.1 Å². The van der Waals surface area contributed by atoms with Gasteiger partial charge in [-0.05, 0) is 42.0 Å². The molecule has 1 atom stereocenters. The molecule has 0 radical (unpaired) electrons. The Morgan fingerprint density at radius 2 is 1.82 bits per heavy atom. The summed E-state index contributed by atoms with van der Waals surface area (Å²) in [6, 6.07) is 15.3. The highest BCUT2D eigenvalue weighted by atomic mass is 19.4. The van der Waals surface area contributed by atoms with Crippen molar-refractivity contribution in [1.29, 1.82) is 0 Å². The van der Waals surface area contributed by atoms with Gasteiger partial charge in [-0.1, -0.05) is 24.3 Å². The molecule has 1 fully saturated rings. The van der Waals surface area contributed by atoms with Gasteiger partial charge in [0.05, 0.1) is 31.9 Å². The minimum Gasteiger partial charge on any atom is -0.497 e. The van der Waals surface area contributed by atoms with Gasteiger partial charge in [0.2, 0.25) is 0 Å². The zero-order valence-corrected chi connectivity index (χ0v) is 18.6. The maximum absolute atomic E-state index is 13.0. The molecule has 0 spiro atoms. The zero-order valence-electron chi connectivity index (χ0n) is 18.6. The molecule has 1 saturated heterocycles. The maximum Gasteiger partial charge on any atom is 0.416 e. The molecular formula is C25H25F3N2O4. The molecule has 3 aromatic rings. The molecular weight excluding hydrogens is 449 g/mol. The normalized spacial score (nSPS) is 15.6. The first kappa shape index (κ1) is 23.8. The quantitative estimate of drug-likeness (QED) is 0.534. The van der Waals surface area contributed by atoms with E-state index in [1.165, 1.54) is 24.3 Å². The molecule has 1 aromatic heterocycles. The van der Waals surface area contributed by atoms with Crippen molar-refractivity contribution in [2.45, 2.75) is 12.2 Å². The lowest BCUT2D eigenvalue weighted by Gasteiger charge is -2.34. The minimum absolute atomic E-state index is 0.0304. The molecule has 2 aromatic carbocycles. The summed E-state index contributed by atoms with van der Waals surface area (Å²) >= 11 is 0. The first-order valence-electron chi connectivity index (χ1n) is 10.9. The summed E-state index contributed by atoms with van der Waals surface area (Å²) in [6.07, 6.45) is -4.46. The number of morpholine rings is 1. The average molecular weight is 474 g/mol. The summed E-state index contributed by atoms with van der Waals surface area (Å²) in [6.45, 7) is 3.00. The number of furan rings is 1. The van der Waals surface area contributed by atoms with Crippen LogP contribution in [0.5, 0.6) is 5.75 Å². The van der Waals surface area contributed by atoms with E-state index < -0.39 is 17.6 Å². The second-order valence-electron chi connectivity index (χ2n) is 7.89. The standard InChI is InChI=1S/C25H25F3N2O4/c1-32-20-7-5-17(6-8-20)21(30-11-13-33-14-12-30)16-29-24(31)23-10-9-22(34-23)18-3-2-4-19(15-18)25(26,27)28/h2-10,15,21H,11-14,16H2,1H3,(H,29,31)/t21-/m0/s1. The second-order valence-corrected chi connectivity index (χ2v) is 7.89. The molecule has 0 bridgehead atoms. The third-order valence-corrected chi connectivity index (χ3v) is 5.75. The number of ether oxygens (including phenoxy) is 2. The first-order chi connectivity index (χ1) is 16.3. The average Bonchev–Trinajstić information content (AvgIpc) is 3.35. The maximum atomic E-state index is 13.0. The summed E-state index contributed by atoms with van der Waals surface area (Å²) in [7, 11) is 1.60. The van der Waals surface area contributed by atoms with E-state index in [-0.39, 0.29) is 23.1 Å². The van der Waals surface area contributed by atoms with Crippen molar-refractivity contribution < 1.29 is 31.9 Å². The van der Waals surface area contributed by atoms with Gasteiger partial charge in [-0.15, -0.1) is 0 Å². The Balaban J connectivity index is 1.47. The molecule has 1 aliphatic heterocycles. The summed E-state index contributed by atoms with van der Waals surface area (Å²) in [5.41, 5.74) is 0.491. The highest BCUT2D eigenvalue weighted by Gasteiger charge is 2.31. The molecule has 0 aliphatic carbocycles. The highest BCUT2D eigenvalue weighted by Crippen LogP contribution is 2.32. The molecule has 6 nitrogen and oxygen atoms in total. The number of methoxy groups -OCH3 is 1. The molecule has 1 aliphatic rings. The molecule has 0 saturated carbocycles. The van der Waals surface area contributed by atoms with Crippen LogP contribution in [0.4, 0.5) is 13.2 Å². The van der Waals surface area contributed by atoms with Crippen molar-refractivity contribution in [3.05, 3.63) is 77.6 Å². The zero-order chi connectivity index (χ0) is 24.1. The van der Waals surface area contributed by atoms with Gasteiger partial charge in [-0.3, -0.25) is 9.69 Å². The van der Waals surface area contributed by atoms with Gasteiger partial charge >= 0.3 is 6.18 Å². The fourth-order valence-corrected chi connectivity index (χ4v) is 3.91. The van der Waals surface area contributed by atoms with Crippen LogP contribution >= 0.6 is 0 Å². The van der Waals surface area contributed by atoms with Gasteiger partial charge in [-0.2, -0.15) is 13.2 Å². The number of carbonyl (C=O) groups excluding carboxylic acids is 1. The topological polar surface area (TPSA) is 63.9 Å². The lowest BCUT2D eigenvalue weighted by molar-refractivity contribution is -0.137. The van der Waals surface area contributed by atoms with E-state index in [1.807, 2.05) is 24.3 Å². The molecule has 4 rings (SSSR count). The summed E-state index contributed by atoms with van der Waals surface area (Å²) in [4.78, 5) is 15.0. The minimum atomic E-state index is -4.46. The summed E-state index contributed by atoms with van der Waals surface area (Å²) < 4.78 is 55.3. The van der Waals surface area contributed by atoms with Crippen LogP contribution in [-0.2, 0) is 10.9 Å². The van der Waals surface area contributed by atoms with Crippen LogP contribution in [0.2, 0.25) is 0 Å². The molecule has 180 valence electrons. The van der Waals surface area contributed by atoms with Crippen LogP contribution in [0, 0.1) is 0 Å². The number of amides is 1. The number of hydrogen-bond donors (Lipinski definition) is 1. The van der Waals surface area contributed by atoms with Crippen molar-refractivity contribution in [1.82, 2.24) is 10.2 Å². The number of nitrogens with zero attached hydrogens (tertiary/aromatic N) is 1. The van der Waals surface area contributed by atoms with E-state index in [4.69, 9.17) is 13.9 Å². The molecule has 1 N–H and O–H groups in total. The van der Waals surface area contributed by atoms with Crippen LogP contribution in [0.1, 0.15) is 27.7 Å². The Hall–Kier alpha value is -3.30. The Labute approximate surface area is 195 Å². The predicted octanol–water partition coefficient (Wildman–Crippen LogP) is 4.78. The van der Waals surface area contributed by atoms with Gasteiger partial charge in [0.25, 0.3) is 5.91 Å². The van der Waals surface area contributed by atoms with Crippen LogP contribution < -0.4 is 10.1 Å². The van der Waals surface area contributed by atoms with E-state index in [1.54, 1.807) is 7.11 Å². The molecule has 9 heteroatoms. The van der Waals surface area contributed by atoms with Crippen molar-refractivity contribution in [2.75, 3.05) is 40.0 Å². The van der Waals surface area contributed by atoms with Crippen molar-refractivity contribution in [3.63, 3.8) is 0 Å². The van der Waals surface area contributed by atoms with Crippen molar-refractivity contribution >= 4 is 5.91 Å². The number of halogens is 3. The van der Waals surface area contributed by atoms with Gasteiger partial charge in [0.1, 0.15) is 11.5 Å². The van der Waals surface area contributed by atoms with Gasteiger partial charge in [0, 0.05) is 25.2 Å². The SMILES string of the molecule is COc1ccc([C@H](CNC(=O)c2ccc(-c3cccc(C(F)(F)F)c3)o2)N2CCOCC2)cc1. The Morgan fingerprint density at radius 1 is 1.09 bits per heavy atom. The smallest absolute Gasteiger partial charge is 0.416 e. The highest BCUT2D eigenvalue weighted by molar-refractivity contribution is 5.92. The van der Waals surface area contributed by atoms with Gasteiger partial charge < -0.3 is 19.2 Å². The Morgan fingerprint density at radius 3 is 2.50 bits per heavy atom. The van der Waals surface area contributed by atoms with Crippen LogP contribution in [0.3, 0.4) is 0 Å². The van der Waals surface area contributed by atoms with Crippen LogP contribution in [0.25, 0.3) is 11.3 Å². The van der Waals surface area contributed by atoms with E-state index in [0.29, 0.717) is 19.8 Å².